The molecule has 2 saturated heterocycles. The second-order valence-corrected chi connectivity index (χ2v) is 9.77. The Morgan fingerprint density at radius 2 is 1.92 bits per heavy atom. The number of ether oxygens (including phenoxy) is 2. The van der Waals surface area contributed by atoms with Gasteiger partial charge in [0.1, 0.15) is 5.75 Å². The maximum atomic E-state index is 12.8. The van der Waals surface area contributed by atoms with E-state index in [0.29, 0.717) is 47.7 Å². The van der Waals surface area contributed by atoms with E-state index in [1.54, 1.807) is 12.1 Å². The van der Waals surface area contributed by atoms with E-state index >= 15 is 0 Å². The molecular weight excluding hydrogens is 480 g/mol. The number of anilines is 1. The molecule has 1 unspecified atom stereocenters. The maximum absolute atomic E-state index is 12.8. The highest BCUT2D eigenvalue weighted by Crippen LogP contribution is 2.29. The lowest BCUT2D eigenvalue weighted by atomic mass is 9.95. The van der Waals surface area contributed by atoms with E-state index in [0.717, 1.165) is 51.1 Å². The quantitative estimate of drug-likeness (QED) is 0.525. The molecule has 0 saturated carbocycles. The number of amides is 2. The molecule has 2 heterocycles. The number of carbonyl (C=O) groups excluding carboxylic acids is 2. The van der Waals surface area contributed by atoms with E-state index in [-0.39, 0.29) is 17.9 Å². The van der Waals surface area contributed by atoms with Crippen LogP contribution in [0.1, 0.15) is 40.5 Å². The van der Waals surface area contributed by atoms with Crippen LogP contribution in [0.15, 0.2) is 42.5 Å². The fraction of sp³-hybridized carbons (Fsp3) is 0.481. The first-order valence-electron chi connectivity index (χ1n) is 12.6. The monoisotopic (exact) mass is 514 g/mol. The van der Waals surface area contributed by atoms with Crippen LogP contribution < -0.4 is 15.8 Å². The highest BCUT2D eigenvalue weighted by atomic mass is 35.5. The van der Waals surface area contributed by atoms with Gasteiger partial charge in [0, 0.05) is 50.9 Å². The predicted octanol–water partition coefficient (Wildman–Crippen LogP) is 3.30. The molecule has 2 aliphatic heterocycles. The molecule has 36 heavy (non-hydrogen) atoms. The zero-order chi connectivity index (χ0) is 25.5. The Bertz CT molecular complexity index is 1040. The largest absolute Gasteiger partial charge is 0.493 e. The number of rotatable bonds is 8. The SMILES string of the molecule is CCOc1cc(N)c(Cl)cc1C(=O)NCC1CN(CC2CCN(C(=O)c3ccccc3)CC2)CCO1. The van der Waals surface area contributed by atoms with Gasteiger partial charge in [-0.2, -0.15) is 0 Å². The number of nitrogens with one attached hydrogen (secondary N) is 1. The first-order valence-corrected chi connectivity index (χ1v) is 13.0. The molecule has 8 nitrogen and oxygen atoms in total. The Labute approximate surface area is 217 Å². The summed E-state index contributed by atoms with van der Waals surface area (Å²) in [5.41, 5.74) is 7.35. The van der Waals surface area contributed by atoms with Crippen molar-refractivity contribution in [3.05, 3.63) is 58.6 Å². The molecule has 4 rings (SSSR count). The highest BCUT2D eigenvalue weighted by molar-refractivity contribution is 6.33. The normalized spacial score (nSPS) is 19.2. The van der Waals surface area contributed by atoms with Crippen LogP contribution in [0.2, 0.25) is 5.02 Å². The summed E-state index contributed by atoms with van der Waals surface area (Å²) in [6, 6.07) is 12.6. The molecule has 2 fully saturated rings. The Morgan fingerprint density at radius 3 is 2.64 bits per heavy atom. The molecule has 1 atom stereocenters. The molecular formula is C27H35ClN4O4. The number of benzene rings is 2. The molecule has 194 valence electrons. The van der Waals surface area contributed by atoms with Gasteiger partial charge in [-0.25, -0.2) is 0 Å². The van der Waals surface area contributed by atoms with Crippen molar-refractivity contribution in [3.63, 3.8) is 0 Å². The Balaban J connectivity index is 1.24. The van der Waals surface area contributed by atoms with Crippen LogP contribution in [0, 0.1) is 5.92 Å². The molecule has 9 heteroatoms. The number of hydrogen-bond donors (Lipinski definition) is 2. The van der Waals surface area contributed by atoms with Gasteiger partial charge in [0.15, 0.2) is 0 Å². The smallest absolute Gasteiger partial charge is 0.255 e. The Morgan fingerprint density at radius 1 is 1.17 bits per heavy atom. The summed E-state index contributed by atoms with van der Waals surface area (Å²) in [5, 5.41) is 3.28. The lowest BCUT2D eigenvalue weighted by Gasteiger charge is -2.38. The molecule has 2 aliphatic rings. The Hall–Kier alpha value is -2.81. The van der Waals surface area contributed by atoms with Crippen LogP contribution in [-0.2, 0) is 4.74 Å². The standard InChI is InChI=1S/C27H35ClN4O4/c1-2-35-25-15-24(29)23(28)14-22(25)26(33)30-16-21-18-31(12-13-36-21)17-19-8-10-32(11-9-19)27(34)20-6-4-3-5-7-20/h3-7,14-15,19,21H,2,8-13,16-18,29H2,1H3,(H,30,33). The van der Waals surface area contributed by atoms with Crippen LogP contribution in [-0.4, -0.2) is 80.2 Å². The van der Waals surface area contributed by atoms with Crippen LogP contribution in [0.3, 0.4) is 0 Å². The van der Waals surface area contributed by atoms with Crippen molar-refractivity contribution in [2.45, 2.75) is 25.9 Å². The van der Waals surface area contributed by atoms with E-state index in [1.165, 1.54) is 0 Å². The zero-order valence-electron chi connectivity index (χ0n) is 20.7. The number of piperidine rings is 1. The van der Waals surface area contributed by atoms with Crippen molar-refractivity contribution >= 4 is 29.1 Å². The molecule has 0 spiro atoms. The minimum Gasteiger partial charge on any atom is -0.493 e. The predicted molar refractivity (Wildman–Crippen MR) is 141 cm³/mol. The van der Waals surface area contributed by atoms with Crippen molar-refractivity contribution in [2.75, 3.05) is 58.2 Å². The number of likely N-dealkylation sites (tertiary alicyclic amines) is 1. The van der Waals surface area contributed by atoms with Crippen LogP contribution in [0.4, 0.5) is 5.69 Å². The third-order valence-electron chi connectivity index (χ3n) is 6.80. The van der Waals surface area contributed by atoms with Crippen molar-refractivity contribution < 1.29 is 19.1 Å². The average Bonchev–Trinajstić information content (AvgIpc) is 2.90. The van der Waals surface area contributed by atoms with Gasteiger partial charge in [0.05, 0.1) is 35.6 Å². The number of nitrogen functional groups attached to an aromatic ring is 1. The molecule has 0 radical (unpaired) electrons. The molecule has 0 bridgehead atoms. The second kappa shape index (κ2) is 12.4. The molecule has 2 aromatic carbocycles. The highest BCUT2D eigenvalue weighted by Gasteiger charge is 2.28. The van der Waals surface area contributed by atoms with Crippen molar-refractivity contribution in [1.29, 1.82) is 0 Å². The fourth-order valence-electron chi connectivity index (χ4n) is 4.84. The van der Waals surface area contributed by atoms with Gasteiger partial charge in [-0.3, -0.25) is 14.5 Å². The zero-order valence-corrected chi connectivity index (χ0v) is 21.5. The van der Waals surface area contributed by atoms with Crippen LogP contribution >= 0.6 is 11.6 Å². The van der Waals surface area contributed by atoms with E-state index in [1.807, 2.05) is 42.2 Å². The first-order chi connectivity index (χ1) is 17.4. The Kier molecular flexibility index (Phi) is 9.07. The number of morpholine rings is 1. The molecule has 0 aromatic heterocycles. The van der Waals surface area contributed by atoms with Crippen molar-refractivity contribution in [2.24, 2.45) is 5.92 Å². The number of nitrogens with zero attached hydrogens (tertiary/aromatic N) is 2. The van der Waals surface area contributed by atoms with E-state index < -0.39 is 0 Å². The fourth-order valence-corrected chi connectivity index (χ4v) is 5.00. The average molecular weight is 515 g/mol. The third kappa shape index (κ3) is 6.69. The molecule has 0 aliphatic carbocycles. The van der Waals surface area contributed by atoms with Crippen LogP contribution in [0.5, 0.6) is 5.75 Å². The lowest BCUT2D eigenvalue weighted by molar-refractivity contribution is -0.0332. The summed E-state index contributed by atoms with van der Waals surface area (Å²) in [6.45, 7) is 7.46. The number of halogens is 1. The van der Waals surface area contributed by atoms with Gasteiger partial charge in [-0.1, -0.05) is 29.8 Å². The van der Waals surface area contributed by atoms with Crippen molar-refractivity contribution in [3.8, 4) is 5.75 Å². The van der Waals surface area contributed by atoms with E-state index in [9.17, 15) is 9.59 Å². The molecule has 3 N–H and O–H groups in total. The topological polar surface area (TPSA) is 97.1 Å². The van der Waals surface area contributed by atoms with E-state index in [4.69, 9.17) is 26.8 Å². The number of carbonyl (C=O) groups is 2. The van der Waals surface area contributed by atoms with Gasteiger partial charge in [0.25, 0.3) is 11.8 Å². The van der Waals surface area contributed by atoms with Gasteiger partial charge >= 0.3 is 0 Å². The second-order valence-electron chi connectivity index (χ2n) is 9.37. The van der Waals surface area contributed by atoms with Crippen molar-refractivity contribution in [1.82, 2.24) is 15.1 Å². The minimum absolute atomic E-state index is 0.0951. The van der Waals surface area contributed by atoms with Gasteiger partial charge < -0.3 is 25.4 Å². The maximum Gasteiger partial charge on any atom is 0.255 e. The summed E-state index contributed by atoms with van der Waals surface area (Å²) in [4.78, 5) is 29.9. The van der Waals surface area contributed by atoms with Gasteiger partial charge in [-0.05, 0) is 43.9 Å². The van der Waals surface area contributed by atoms with Gasteiger partial charge in [-0.15, -0.1) is 0 Å². The summed E-state index contributed by atoms with van der Waals surface area (Å²) in [7, 11) is 0. The molecule has 2 aromatic rings. The number of nitrogens with two attached hydrogens (primary N) is 1. The summed E-state index contributed by atoms with van der Waals surface area (Å²) in [6.07, 6.45) is 1.90. The first kappa shape index (κ1) is 26.3. The summed E-state index contributed by atoms with van der Waals surface area (Å²) >= 11 is 6.13. The summed E-state index contributed by atoms with van der Waals surface area (Å²) < 4.78 is 11.5. The summed E-state index contributed by atoms with van der Waals surface area (Å²) in [5.74, 6) is 0.812. The minimum atomic E-state index is -0.267. The van der Waals surface area contributed by atoms with E-state index in [2.05, 4.69) is 10.2 Å². The molecule has 2 amide bonds. The van der Waals surface area contributed by atoms with Gasteiger partial charge in [0.2, 0.25) is 0 Å². The third-order valence-corrected chi connectivity index (χ3v) is 7.12. The lowest BCUT2D eigenvalue weighted by Crippen LogP contribution is -2.50. The number of hydrogen-bond acceptors (Lipinski definition) is 6. The van der Waals surface area contributed by atoms with Crippen LogP contribution in [0.25, 0.3) is 0 Å².